The average Bonchev–Trinajstić information content (AvgIpc) is 3.24. The largest absolute Gasteiger partial charge is 0.369 e. The fourth-order valence-electron chi connectivity index (χ4n) is 5.38. The zero-order valence-electron chi connectivity index (χ0n) is 17.8. The molecule has 0 bridgehead atoms. The van der Waals surface area contributed by atoms with Crippen molar-refractivity contribution in [2.75, 3.05) is 32.8 Å². The van der Waals surface area contributed by atoms with Crippen LogP contribution in [0.5, 0.6) is 0 Å². The molecular weight excluding hydrogens is 399 g/mol. The van der Waals surface area contributed by atoms with Crippen LogP contribution in [0.2, 0.25) is 0 Å². The molecule has 1 aromatic heterocycles. The Morgan fingerprint density at radius 3 is 2.97 bits per heavy atom. The number of ether oxygens (including phenoxy) is 1. The van der Waals surface area contributed by atoms with Gasteiger partial charge in [0, 0.05) is 37.1 Å². The second-order valence-corrected chi connectivity index (χ2v) is 9.08. The highest BCUT2D eigenvalue weighted by Gasteiger charge is 2.37. The molecule has 3 aliphatic rings. The zero-order valence-corrected chi connectivity index (χ0v) is 17.8. The van der Waals surface area contributed by atoms with Crippen LogP contribution in [-0.4, -0.2) is 77.6 Å². The molecule has 2 aromatic rings. The maximum atomic E-state index is 14.1. The summed E-state index contributed by atoms with van der Waals surface area (Å²) in [6, 6.07) is 5.36. The summed E-state index contributed by atoms with van der Waals surface area (Å²) in [7, 11) is 0. The number of rotatable bonds is 3. The van der Waals surface area contributed by atoms with E-state index in [1.54, 1.807) is 12.1 Å². The van der Waals surface area contributed by atoms with Crippen LogP contribution < -0.4 is 5.32 Å². The number of hydrogen-bond acceptors (Lipinski definition) is 4. The maximum absolute atomic E-state index is 14.1. The van der Waals surface area contributed by atoms with Crippen molar-refractivity contribution < 1.29 is 18.7 Å². The highest BCUT2D eigenvalue weighted by Crippen LogP contribution is 2.27. The van der Waals surface area contributed by atoms with E-state index in [1.165, 1.54) is 6.07 Å². The topological polar surface area (TPSA) is 77.7 Å². The standard InChI is InChI=1S/C23H29FN4O3/c1-14-5-6-19(24)18-10-20(26-22(14)18)23(30)25-15-3-2-4-16(9-15)27-7-8-28-17(11-27)12-31-13-21(28)29/h5-6,10,15-17,26H,2-4,7-9,11-13H2,1H3,(H,25,30)/t15-,16-,17+/m1/s1. The highest BCUT2D eigenvalue weighted by molar-refractivity contribution is 5.99. The lowest BCUT2D eigenvalue weighted by atomic mass is 9.89. The van der Waals surface area contributed by atoms with Gasteiger partial charge in [-0.1, -0.05) is 6.07 Å². The predicted octanol–water partition coefficient (Wildman–Crippen LogP) is 2.20. The van der Waals surface area contributed by atoms with E-state index in [1.807, 2.05) is 11.8 Å². The van der Waals surface area contributed by atoms with E-state index < -0.39 is 0 Å². The smallest absolute Gasteiger partial charge is 0.267 e. The summed E-state index contributed by atoms with van der Waals surface area (Å²) in [4.78, 5) is 32.4. The first-order valence-corrected chi connectivity index (χ1v) is 11.2. The SMILES string of the molecule is Cc1ccc(F)c2cc(C(=O)N[C@@H]3CCC[C@@H](N4CCN5C(=O)COC[C@@H]5C4)C3)[nH]c12. The lowest BCUT2D eigenvalue weighted by Gasteiger charge is -2.47. The number of nitrogens with one attached hydrogen (secondary N) is 2. The lowest BCUT2D eigenvalue weighted by Crippen LogP contribution is -2.62. The van der Waals surface area contributed by atoms with E-state index in [0.717, 1.165) is 50.9 Å². The number of carbonyl (C=O) groups excluding carboxylic acids is 2. The van der Waals surface area contributed by atoms with Crippen molar-refractivity contribution in [2.45, 2.75) is 50.7 Å². The van der Waals surface area contributed by atoms with Gasteiger partial charge in [0.2, 0.25) is 5.91 Å². The first-order chi connectivity index (χ1) is 15.0. The maximum Gasteiger partial charge on any atom is 0.267 e. The van der Waals surface area contributed by atoms with Crippen molar-refractivity contribution in [2.24, 2.45) is 0 Å². The molecule has 1 aliphatic carbocycles. The number of hydrogen-bond donors (Lipinski definition) is 2. The van der Waals surface area contributed by atoms with Gasteiger partial charge in [-0.2, -0.15) is 0 Å². The Balaban J connectivity index is 1.23. The molecule has 5 rings (SSSR count). The van der Waals surface area contributed by atoms with E-state index in [4.69, 9.17) is 4.74 Å². The van der Waals surface area contributed by atoms with Crippen molar-refractivity contribution in [1.29, 1.82) is 0 Å². The van der Waals surface area contributed by atoms with Crippen molar-refractivity contribution in [3.8, 4) is 0 Å². The minimum Gasteiger partial charge on any atom is -0.369 e. The Bertz CT molecular complexity index is 967. The molecule has 2 aliphatic heterocycles. The van der Waals surface area contributed by atoms with Crippen molar-refractivity contribution in [3.63, 3.8) is 0 Å². The normalized spacial score (nSPS) is 27.4. The number of morpholine rings is 1. The molecule has 1 saturated carbocycles. The Morgan fingerprint density at radius 1 is 1.26 bits per heavy atom. The zero-order chi connectivity index (χ0) is 21.5. The minimum absolute atomic E-state index is 0.0888. The molecular formula is C23H29FN4O3. The summed E-state index contributed by atoms with van der Waals surface area (Å²) in [5.74, 6) is -0.413. The number of aromatic amines is 1. The monoisotopic (exact) mass is 428 g/mol. The summed E-state index contributed by atoms with van der Waals surface area (Å²) < 4.78 is 19.6. The Morgan fingerprint density at radius 2 is 2.13 bits per heavy atom. The fourth-order valence-corrected chi connectivity index (χ4v) is 5.38. The molecule has 1 aromatic carbocycles. The number of H-pyrrole nitrogens is 1. The van der Waals surface area contributed by atoms with E-state index in [9.17, 15) is 14.0 Å². The van der Waals surface area contributed by atoms with Crippen molar-refractivity contribution in [3.05, 3.63) is 35.3 Å². The van der Waals surface area contributed by atoms with Crippen LogP contribution in [-0.2, 0) is 9.53 Å². The van der Waals surface area contributed by atoms with Crippen LogP contribution in [0.25, 0.3) is 10.9 Å². The molecule has 2 amide bonds. The van der Waals surface area contributed by atoms with E-state index in [-0.39, 0.29) is 36.3 Å². The second kappa shape index (κ2) is 8.24. The van der Waals surface area contributed by atoms with Gasteiger partial charge in [-0.15, -0.1) is 0 Å². The number of nitrogens with zero attached hydrogens (tertiary/aromatic N) is 2. The Kier molecular flexibility index (Phi) is 5.44. The Hall–Kier alpha value is -2.45. The van der Waals surface area contributed by atoms with Gasteiger partial charge in [0.25, 0.3) is 5.91 Å². The van der Waals surface area contributed by atoms with Gasteiger partial charge < -0.3 is 19.9 Å². The number of aryl methyl sites for hydroxylation is 1. The quantitative estimate of drug-likeness (QED) is 0.786. The number of amides is 2. The second-order valence-electron chi connectivity index (χ2n) is 9.08. The minimum atomic E-state index is -0.321. The van der Waals surface area contributed by atoms with Gasteiger partial charge in [0.05, 0.1) is 18.2 Å². The molecule has 2 saturated heterocycles. The number of fused-ring (bicyclic) bond motifs is 2. The van der Waals surface area contributed by atoms with Crippen LogP contribution in [0.4, 0.5) is 4.39 Å². The van der Waals surface area contributed by atoms with Crippen LogP contribution in [0.1, 0.15) is 41.7 Å². The molecule has 166 valence electrons. The number of piperazine rings is 1. The first-order valence-electron chi connectivity index (χ1n) is 11.2. The number of carbonyl (C=O) groups is 2. The van der Waals surface area contributed by atoms with Gasteiger partial charge in [0.1, 0.15) is 18.1 Å². The van der Waals surface area contributed by atoms with Crippen molar-refractivity contribution in [1.82, 2.24) is 20.1 Å². The summed E-state index contributed by atoms with van der Waals surface area (Å²) >= 11 is 0. The Labute approximate surface area is 180 Å². The van der Waals surface area contributed by atoms with E-state index >= 15 is 0 Å². The van der Waals surface area contributed by atoms with Crippen LogP contribution in [0.15, 0.2) is 18.2 Å². The molecule has 8 heteroatoms. The van der Waals surface area contributed by atoms with Crippen LogP contribution >= 0.6 is 0 Å². The van der Waals surface area contributed by atoms with E-state index in [2.05, 4.69) is 15.2 Å². The third-order valence-electron chi connectivity index (χ3n) is 7.06. The molecule has 0 spiro atoms. The summed E-state index contributed by atoms with van der Waals surface area (Å²) in [5.41, 5.74) is 1.99. The third kappa shape index (κ3) is 3.94. The highest BCUT2D eigenvalue weighted by atomic mass is 19.1. The first kappa shape index (κ1) is 20.5. The molecule has 3 atom stereocenters. The molecule has 0 radical (unpaired) electrons. The van der Waals surface area contributed by atoms with Crippen molar-refractivity contribution >= 4 is 22.7 Å². The molecule has 3 fully saturated rings. The van der Waals surface area contributed by atoms with Gasteiger partial charge in [-0.05, 0) is 50.3 Å². The van der Waals surface area contributed by atoms with E-state index in [0.29, 0.717) is 29.2 Å². The average molecular weight is 429 g/mol. The van der Waals surface area contributed by atoms with Gasteiger partial charge in [-0.25, -0.2) is 4.39 Å². The van der Waals surface area contributed by atoms with Gasteiger partial charge >= 0.3 is 0 Å². The van der Waals surface area contributed by atoms with Crippen LogP contribution in [0.3, 0.4) is 0 Å². The number of halogens is 1. The number of benzene rings is 1. The fraction of sp³-hybridized carbons (Fsp3) is 0.565. The summed E-state index contributed by atoms with van der Waals surface area (Å²) in [5, 5.41) is 3.61. The molecule has 0 unspecified atom stereocenters. The lowest BCUT2D eigenvalue weighted by molar-refractivity contribution is -0.153. The molecule has 2 N–H and O–H groups in total. The molecule has 3 heterocycles. The predicted molar refractivity (Wildman–Crippen MR) is 114 cm³/mol. The third-order valence-corrected chi connectivity index (χ3v) is 7.06. The number of aromatic nitrogens is 1. The molecule has 7 nitrogen and oxygen atoms in total. The van der Waals surface area contributed by atoms with Gasteiger partial charge in [-0.3, -0.25) is 14.5 Å². The molecule has 31 heavy (non-hydrogen) atoms. The summed E-state index contributed by atoms with van der Waals surface area (Å²) in [6.07, 6.45) is 3.99. The van der Waals surface area contributed by atoms with Crippen LogP contribution in [0, 0.1) is 12.7 Å². The summed E-state index contributed by atoms with van der Waals surface area (Å²) in [6.45, 7) is 5.15. The van der Waals surface area contributed by atoms with Gasteiger partial charge in [0.15, 0.2) is 0 Å².